The minimum Gasteiger partial charge on any atom is -0.390 e. The van der Waals surface area contributed by atoms with Gasteiger partial charge in [0.15, 0.2) is 5.82 Å². The van der Waals surface area contributed by atoms with Gasteiger partial charge < -0.3 is 20.3 Å². The first-order valence-corrected chi connectivity index (χ1v) is 11.3. The van der Waals surface area contributed by atoms with Gasteiger partial charge in [-0.2, -0.15) is 0 Å². The lowest BCUT2D eigenvalue weighted by molar-refractivity contribution is 0.0859. The topological polar surface area (TPSA) is 79.2 Å². The third-order valence-corrected chi connectivity index (χ3v) is 6.56. The fourth-order valence-corrected chi connectivity index (χ4v) is 4.67. The van der Waals surface area contributed by atoms with E-state index in [0.29, 0.717) is 15.5 Å². The van der Waals surface area contributed by atoms with Crippen LogP contribution in [0, 0.1) is 15.2 Å². The van der Waals surface area contributed by atoms with Crippen LogP contribution in [0.15, 0.2) is 54.9 Å². The highest BCUT2D eigenvalue weighted by molar-refractivity contribution is 14.1. The van der Waals surface area contributed by atoms with E-state index in [9.17, 15) is 14.3 Å². The molecule has 0 spiro atoms. The Labute approximate surface area is 201 Å². The first-order valence-electron chi connectivity index (χ1n) is 10.3. The molecule has 6 nitrogen and oxygen atoms in total. The number of hydrogen-bond donors (Lipinski definition) is 3. The van der Waals surface area contributed by atoms with Crippen LogP contribution in [0.4, 0.5) is 20.2 Å². The number of carbonyl (C=O) groups excluding carboxylic acids is 1. The summed E-state index contributed by atoms with van der Waals surface area (Å²) in [7, 11) is 1.69. The normalized spacial score (nSPS) is 17.2. The number of hydrogen-bond acceptors (Lipinski definition) is 4. The van der Waals surface area contributed by atoms with Crippen LogP contribution in [0.3, 0.4) is 0 Å². The maximum atomic E-state index is 15.5. The molecule has 1 aliphatic rings. The van der Waals surface area contributed by atoms with Gasteiger partial charge in [0.1, 0.15) is 11.3 Å². The molecule has 1 aromatic heterocycles. The number of rotatable bonds is 4. The summed E-state index contributed by atoms with van der Waals surface area (Å²) in [5.74, 6) is -1.93. The SMILES string of the molecule is Cn1cnc2c(F)c(Nc3ccc(I)cc3F)c(C(=O)NC3c4ccccc4C[C@@H]3O)cc21. The molecule has 33 heavy (non-hydrogen) atoms. The van der Waals surface area contributed by atoms with Crippen molar-refractivity contribution in [2.24, 2.45) is 7.05 Å². The van der Waals surface area contributed by atoms with E-state index in [-0.39, 0.29) is 22.5 Å². The number of aromatic nitrogens is 2. The summed E-state index contributed by atoms with van der Waals surface area (Å²) in [6, 6.07) is 12.8. The number of carbonyl (C=O) groups is 1. The fraction of sp³-hybridized carbons (Fsp3) is 0.167. The Balaban J connectivity index is 1.58. The monoisotopic (exact) mass is 560 g/mol. The second kappa shape index (κ2) is 8.38. The van der Waals surface area contributed by atoms with Crippen molar-refractivity contribution in [1.82, 2.24) is 14.9 Å². The largest absolute Gasteiger partial charge is 0.390 e. The number of amides is 1. The number of aliphatic hydroxyl groups excluding tert-OH is 1. The van der Waals surface area contributed by atoms with Gasteiger partial charge >= 0.3 is 0 Å². The molecule has 3 N–H and O–H groups in total. The van der Waals surface area contributed by atoms with E-state index in [1.165, 1.54) is 24.5 Å². The van der Waals surface area contributed by atoms with Gasteiger partial charge in [0.25, 0.3) is 5.91 Å². The highest BCUT2D eigenvalue weighted by Gasteiger charge is 2.33. The van der Waals surface area contributed by atoms with Crippen LogP contribution in [-0.2, 0) is 13.5 Å². The molecule has 1 heterocycles. The minimum atomic E-state index is -0.804. The van der Waals surface area contributed by atoms with E-state index in [1.807, 2.05) is 46.9 Å². The first kappa shape index (κ1) is 21.8. The average molecular weight is 560 g/mol. The molecule has 0 aliphatic heterocycles. The molecule has 1 unspecified atom stereocenters. The number of aliphatic hydroxyl groups is 1. The van der Waals surface area contributed by atoms with E-state index in [1.54, 1.807) is 17.7 Å². The van der Waals surface area contributed by atoms with Crippen molar-refractivity contribution in [2.75, 3.05) is 5.32 Å². The van der Waals surface area contributed by atoms with Gasteiger partial charge in [0, 0.05) is 17.0 Å². The molecule has 4 aromatic rings. The van der Waals surface area contributed by atoms with Gasteiger partial charge in [-0.1, -0.05) is 24.3 Å². The molecule has 5 rings (SSSR count). The zero-order valence-corrected chi connectivity index (χ0v) is 19.6. The van der Waals surface area contributed by atoms with Crippen molar-refractivity contribution in [3.05, 3.63) is 86.8 Å². The summed E-state index contributed by atoms with van der Waals surface area (Å²) < 4.78 is 32.3. The average Bonchev–Trinajstić information content (AvgIpc) is 3.31. The molecular formula is C24H19F2IN4O2. The molecule has 0 radical (unpaired) electrons. The van der Waals surface area contributed by atoms with Gasteiger partial charge in [-0.05, 0) is 58.0 Å². The number of nitrogens with one attached hydrogen (secondary N) is 2. The van der Waals surface area contributed by atoms with Crippen molar-refractivity contribution < 1.29 is 18.7 Å². The van der Waals surface area contributed by atoms with Crippen LogP contribution in [0.2, 0.25) is 0 Å². The zero-order valence-electron chi connectivity index (χ0n) is 17.4. The number of halogens is 3. The van der Waals surface area contributed by atoms with E-state index >= 15 is 4.39 Å². The summed E-state index contributed by atoms with van der Waals surface area (Å²) in [5.41, 5.74) is 2.08. The lowest BCUT2D eigenvalue weighted by Crippen LogP contribution is -2.34. The second-order valence-electron chi connectivity index (χ2n) is 8.01. The van der Waals surface area contributed by atoms with Gasteiger partial charge in [0.05, 0.1) is 40.9 Å². The third kappa shape index (κ3) is 3.84. The minimum absolute atomic E-state index is 0.0156. The first-order chi connectivity index (χ1) is 15.8. The maximum Gasteiger partial charge on any atom is 0.254 e. The maximum absolute atomic E-state index is 15.5. The predicted molar refractivity (Wildman–Crippen MR) is 129 cm³/mol. The zero-order chi connectivity index (χ0) is 23.3. The highest BCUT2D eigenvalue weighted by atomic mass is 127. The van der Waals surface area contributed by atoms with Crippen LogP contribution >= 0.6 is 22.6 Å². The van der Waals surface area contributed by atoms with Crippen LogP contribution in [0.25, 0.3) is 11.0 Å². The van der Waals surface area contributed by atoms with Gasteiger partial charge in [0.2, 0.25) is 0 Å². The number of nitrogens with zero attached hydrogens (tertiary/aromatic N) is 2. The Morgan fingerprint density at radius 2 is 2.00 bits per heavy atom. The molecule has 168 valence electrons. The Morgan fingerprint density at radius 3 is 2.79 bits per heavy atom. The molecule has 9 heteroatoms. The second-order valence-corrected chi connectivity index (χ2v) is 9.25. The standard InChI is InChI=1S/C24H19F2IN4O2/c1-31-11-28-23-18(31)10-15(22(20(23)26)29-17-7-6-13(27)9-16(17)25)24(33)30-21-14-5-3-2-4-12(14)8-19(21)32/h2-7,9-11,19,21,29,32H,8H2,1H3,(H,30,33)/t19-,21?/m0/s1. The van der Waals surface area contributed by atoms with Crippen LogP contribution in [0.1, 0.15) is 27.5 Å². The van der Waals surface area contributed by atoms with Crippen molar-refractivity contribution in [3.8, 4) is 0 Å². The summed E-state index contributed by atoms with van der Waals surface area (Å²) >= 11 is 1.98. The van der Waals surface area contributed by atoms with Crippen LogP contribution in [0.5, 0.6) is 0 Å². The number of fused-ring (bicyclic) bond motifs is 2. The molecule has 3 aromatic carbocycles. The molecule has 1 aliphatic carbocycles. The number of imidazole rings is 1. The van der Waals surface area contributed by atoms with E-state index < -0.39 is 29.7 Å². The Kier molecular flexibility index (Phi) is 5.53. The van der Waals surface area contributed by atoms with Crippen molar-refractivity contribution in [1.29, 1.82) is 0 Å². The van der Waals surface area contributed by atoms with E-state index in [4.69, 9.17) is 0 Å². The van der Waals surface area contributed by atoms with Crippen molar-refractivity contribution in [3.63, 3.8) is 0 Å². The summed E-state index contributed by atoms with van der Waals surface area (Å²) in [6.07, 6.45) is 1.05. The van der Waals surface area contributed by atoms with Crippen molar-refractivity contribution in [2.45, 2.75) is 18.6 Å². The lowest BCUT2D eigenvalue weighted by Gasteiger charge is -2.20. The summed E-state index contributed by atoms with van der Waals surface area (Å²) in [4.78, 5) is 17.5. The van der Waals surface area contributed by atoms with Gasteiger partial charge in [-0.15, -0.1) is 0 Å². The summed E-state index contributed by atoms with van der Waals surface area (Å²) in [6.45, 7) is 0. The molecule has 2 atom stereocenters. The molecule has 0 bridgehead atoms. The molecule has 1 amide bonds. The number of benzene rings is 3. The fourth-order valence-electron chi connectivity index (χ4n) is 4.22. The van der Waals surface area contributed by atoms with Gasteiger partial charge in [-0.25, -0.2) is 13.8 Å². The Morgan fingerprint density at radius 1 is 1.21 bits per heavy atom. The van der Waals surface area contributed by atoms with Gasteiger partial charge in [-0.3, -0.25) is 4.79 Å². The molecular weight excluding hydrogens is 541 g/mol. The quantitative estimate of drug-likeness (QED) is 0.320. The Bertz CT molecular complexity index is 1400. The Hall–Kier alpha value is -3.05. The smallest absolute Gasteiger partial charge is 0.254 e. The lowest BCUT2D eigenvalue weighted by atomic mass is 10.1. The number of anilines is 2. The third-order valence-electron chi connectivity index (χ3n) is 5.89. The number of aryl methyl sites for hydroxylation is 1. The molecule has 0 fully saturated rings. The van der Waals surface area contributed by atoms with Crippen LogP contribution in [-0.4, -0.2) is 26.7 Å². The van der Waals surface area contributed by atoms with E-state index in [0.717, 1.165) is 11.1 Å². The molecule has 0 saturated carbocycles. The predicted octanol–water partition coefficient (Wildman–Crippen LogP) is 4.59. The highest BCUT2D eigenvalue weighted by Crippen LogP contribution is 2.34. The van der Waals surface area contributed by atoms with E-state index in [2.05, 4.69) is 15.6 Å². The summed E-state index contributed by atoms with van der Waals surface area (Å²) in [5, 5.41) is 16.1. The molecule has 0 saturated heterocycles. The van der Waals surface area contributed by atoms with Crippen LogP contribution < -0.4 is 10.6 Å². The van der Waals surface area contributed by atoms with Crippen molar-refractivity contribution >= 4 is 50.9 Å².